The van der Waals surface area contributed by atoms with E-state index in [9.17, 15) is 5.11 Å². The van der Waals surface area contributed by atoms with Gasteiger partial charge in [0.05, 0.1) is 12.2 Å². The Hall–Kier alpha value is -1.10. The fourth-order valence-electron chi connectivity index (χ4n) is 2.38. The molecule has 106 valence electrons. The minimum absolute atomic E-state index is 0.547. The number of methoxy groups -OCH3 is 1. The van der Waals surface area contributed by atoms with Crippen LogP contribution in [0, 0.1) is 0 Å². The normalized spacial score (nSPS) is 19.3. The molecule has 4 nitrogen and oxygen atoms in total. The van der Waals surface area contributed by atoms with E-state index in [-0.39, 0.29) is 0 Å². The van der Waals surface area contributed by atoms with Gasteiger partial charge in [0.1, 0.15) is 12.4 Å². The molecule has 1 N–H and O–H groups in total. The Kier molecular flexibility index (Phi) is 4.80. The Labute approximate surface area is 114 Å². The molecule has 1 heterocycles. The monoisotopic (exact) mass is 265 g/mol. The maximum Gasteiger partial charge on any atom is 0.119 e. The first-order valence-electron chi connectivity index (χ1n) is 6.77. The van der Waals surface area contributed by atoms with Gasteiger partial charge in [-0.2, -0.15) is 0 Å². The fraction of sp³-hybridized carbons (Fsp3) is 0.600. The van der Waals surface area contributed by atoms with E-state index < -0.39 is 5.60 Å². The van der Waals surface area contributed by atoms with Crippen molar-refractivity contribution in [1.29, 1.82) is 0 Å². The average Bonchev–Trinajstić information content (AvgIpc) is 2.43. The predicted molar refractivity (Wildman–Crippen MR) is 74.4 cm³/mol. The van der Waals surface area contributed by atoms with Crippen LogP contribution in [0.15, 0.2) is 24.3 Å². The Morgan fingerprint density at radius 3 is 2.37 bits per heavy atom. The van der Waals surface area contributed by atoms with E-state index in [1.54, 1.807) is 7.11 Å². The summed E-state index contributed by atoms with van der Waals surface area (Å²) < 4.78 is 10.5. The Bertz CT molecular complexity index is 383. The Balaban J connectivity index is 1.97. The molecule has 0 radical (unpaired) electrons. The number of hydrogen-bond acceptors (Lipinski definition) is 4. The molecule has 0 aliphatic carbocycles. The van der Waals surface area contributed by atoms with Crippen molar-refractivity contribution in [3.05, 3.63) is 29.8 Å². The molecular formula is C15H23NO3. The minimum Gasteiger partial charge on any atom is -0.491 e. The van der Waals surface area contributed by atoms with E-state index in [0.717, 1.165) is 37.2 Å². The first-order chi connectivity index (χ1) is 9.14. The van der Waals surface area contributed by atoms with E-state index >= 15 is 0 Å². The van der Waals surface area contributed by atoms with E-state index in [1.165, 1.54) is 0 Å². The molecule has 1 saturated heterocycles. The summed E-state index contributed by atoms with van der Waals surface area (Å²) in [5.41, 5.74) is 0.303. The van der Waals surface area contributed by atoms with Crippen LogP contribution < -0.4 is 4.74 Å². The topological polar surface area (TPSA) is 41.9 Å². The molecule has 19 heavy (non-hydrogen) atoms. The number of aliphatic hydroxyl groups is 1. The van der Waals surface area contributed by atoms with E-state index in [0.29, 0.717) is 13.2 Å². The van der Waals surface area contributed by atoms with Crippen LogP contribution in [0.25, 0.3) is 0 Å². The maximum absolute atomic E-state index is 10.7. The molecule has 4 heteroatoms. The van der Waals surface area contributed by atoms with Gasteiger partial charge in [-0.15, -0.1) is 0 Å². The van der Waals surface area contributed by atoms with Gasteiger partial charge in [-0.25, -0.2) is 0 Å². The first kappa shape index (κ1) is 14.3. The summed E-state index contributed by atoms with van der Waals surface area (Å²) in [7, 11) is 3.74. The van der Waals surface area contributed by atoms with Gasteiger partial charge in [-0.05, 0) is 37.6 Å². The molecule has 1 aliphatic heterocycles. The highest BCUT2D eigenvalue weighted by Gasteiger charge is 2.32. The zero-order chi connectivity index (χ0) is 13.7. The largest absolute Gasteiger partial charge is 0.491 e. The first-order valence-corrected chi connectivity index (χ1v) is 6.77. The standard InChI is InChI=1S/C15H23NO3/c1-16-9-7-15(17,8-10-16)13-3-5-14(6-4-13)19-12-11-18-2/h3-6,17H,7-12H2,1-2H3. The number of ether oxygens (including phenoxy) is 2. The number of nitrogens with zero attached hydrogens (tertiary/aromatic N) is 1. The second-order valence-electron chi connectivity index (χ2n) is 5.20. The van der Waals surface area contributed by atoms with Gasteiger partial charge < -0.3 is 19.5 Å². The molecule has 0 bridgehead atoms. The highest BCUT2D eigenvalue weighted by atomic mass is 16.5. The van der Waals surface area contributed by atoms with Gasteiger partial charge in [0.25, 0.3) is 0 Å². The van der Waals surface area contributed by atoms with Crippen molar-refractivity contribution < 1.29 is 14.6 Å². The summed E-state index contributed by atoms with van der Waals surface area (Å²) in [4.78, 5) is 2.25. The number of likely N-dealkylation sites (tertiary alicyclic amines) is 1. The van der Waals surface area contributed by atoms with Gasteiger partial charge in [0.15, 0.2) is 0 Å². The third-order valence-electron chi connectivity index (χ3n) is 3.76. The van der Waals surface area contributed by atoms with E-state index in [1.807, 2.05) is 24.3 Å². The number of rotatable bonds is 5. The third kappa shape index (κ3) is 3.69. The predicted octanol–water partition coefficient (Wildman–Crippen LogP) is 1.63. The Morgan fingerprint density at radius 2 is 1.79 bits per heavy atom. The molecule has 1 fully saturated rings. The molecule has 0 aromatic heterocycles. The van der Waals surface area contributed by atoms with Crippen LogP contribution in [0.4, 0.5) is 0 Å². The molecule has 0 amide bonds. The van der Waals surface area contributed by atoms with Gasteiger partial charge in [-0.3, -0.25) is 0 Å². The summed E-state index contributed by atoms with van der Waals surface area (Å²) >= 11 is 0. The highest BCUT2D eigenvalue weighted by Crippen LogP contribution is 2.33. The molecule has 0 spiro atoms. The van der Waals surface area contributed by atoms with Crippen molar-refractivity contribution in [2.45, 2.75) is 18.4 Å². The van der Waals surface area contributed by atoms with Crippen LogP contribution in [0.5, 0.6) is 5.75 Å². The van der Waals surface area contributed by atoms with Crippen LogP contribution in [0.2, 0.25) is 0 Å². The van der Waals surface area contributed by atoms with Crippen LogP contribution >= 0.6 is 0 Å². The van der Waals surface area contributed by atoms with Crippen molar-refractivity contribution in [2.24, 2.45) is 0 Å². The maximum atomic E-state index is 10.7. The molecule has 0 unspecified atom stereocenters. The number of benzene rings is 1. The Morgan fingerprint density at radius 1 is 1.16 bits per heavy atom. The summed E-state index contributed by atoms with van der Waals surface area (Å²) in [6.07, 6.45) is 1.57. The lowest BCUT2D eigenvalue weighted by Gasteiger charge is -2.37. The molecule has 1 aromatic carbocycles. The highest BCUT2D eigenvalue weighted by molar-refractivity contribution is 5.31. The zero-order valence-electron chi connectivity index (χ0n) is 11.8. The van der Waals surface area contributed by atoms with Gasteiger partial charge in [-0.1, -0.05) is 12.1 Å². The minimum atomic E-state index is -0.683. The van der Waals surface area contributed by atoms with Gasteiger partial charge >= 0.3 is 0 Å². The summed E-state index contributed by atoms with van der Waals surface area (Å²) in [5, 5.41) is 10.7. The van der Waals surface area contributed by atoms with Crippen LogP contribution in [0.1, 0.15) is 18.4 Å². The average molecular weight is 265 g/mol. The zero-order valence-corrected chi connectivity index (χ0v) is 11.8. The number of piperidine rings is 1. The number of hydrogen-bond donors (Lipinski definition) is 1. The van der Waals surface area contributed by atoms with Crippen molar-refractivity contribution >= 4 is 0 Å². The van der Waals surface area contributed by atoms with Gasteiger partial charge in [0.2, 0.25) is 0 Å². The summed E-state index contributed by atoms with van der Waals surface area (Å²) in [6.45, 7) is 2.99. The second-order valence-corrected chi connectivity index (χ2v) is 5.20. The second kappa shape index (κ2) is 6.37. The lowest BCUT2D eigenvalue weighted by molar-refractivity contribution is -0.0203. The van der Waals surface area contributed by atoms with Crippen molar-refractivity contribution in [1.82, 2.24) is 4.90 Å². The van der Waals surface area contributed by atoms with Gasteiger partial charge in [0, 0.05) is 20.2 Å². The molecule has 0 atom stereocenters. The van der Waals surface area contributed by atoms with Crippen LogP contribution in [-0.4, -0.2) is 50.5 Å². The smallest absolute Gasteiger partial charge is 0.119 e. The molecule has 2 rings (SSSR count). The lowest BCUT2D eigenvalue weighted by atomic mass is 9.84. The van der Waals surface area contributed by atoms with Crippen LogP contribution in [-0.2, 0) is 10.3 Å². The fourth-order valence-corrected chi connectivity index (χ4v) is 2.38. The van der Waals surface area contributed by atoms with Crippen molar-refractivity contribution in [3.8, 4) is 5.75 Å². The van der Waals surface area contributed by atoms with E-state index in [2.05, 4.69) is 11.9 Å². The van der Waals surface area contributed by atoms with Crippen molar-refractivity contribution in [3.63, 3.8) is 0 Å². The summed E-state index contributed by atoms with van der Waals surface area (Å²) in [6, 6.07) is 7.77. The molecule has 0 saturated carbocycles. The van der Waals surface area contributed by atoms with Crippen molar-refractivity contribution in [2.75, 3.05) is 40.5 Å². The van der Waals surface area contributed by atoms with Crippen LogP contribution in [0.3, 0.4) is 0 Å². The molecular weight excluding hydrogens is 242 g/mol. The van der Waals surface area contributed by atoms with E-state index in [4.69, 9.17) is 9.47 Å². The lowest BCUT2D eigenvalue weighted by Crippen LogP contribution is -2.40. The molecule has 1 aliphatic rings. The molecule has 1 aromatic rings. The quantitative estimate of drug-likeness (QED) is 0.822. The summed E-state index contributed by atoms with van der Waals surface area (Å²) in [5.74, 6) is 0.817. The SMILES string of the molecule is COCCOc1ccc(C2(O)CCN(C)CC2)cc1. The third-order valence-corrected chi connectivity index (χ3v) is 3.76.